The van der Waals surface area contributed by atoms with Crippen LogP contribution in [0.25, 0.3) is 22.3 Å². The Kier molecular flexibility index (Phi) is 15.3. The summed E-state index contributed by atoms with van der Waals surface area (Å²) in [6, 6.07) is 21.9. The Hall–Kier alpha value is -3.08. The number of alkyl carbamates (subject to hydrolysis) is 1. The minimum atomic E-state index is -0.746. The van der Waals surface area contributed by atoms with Crippen LogP contribution in [0.15, 0.2) is 65.1 Å². The lowest BCUT2D eigenvalue weighted by Gasteiger charge is -2.33. The summed E-state index contributed by atoms with van der Waals surface area (Å²) < 4.78 is 34.5. The third kappa shape index (κ3) is 11.5. The van der Waals surface area contributed by atoms with Gasteiger partial charge in [-0.1, -0.05) is 46.3 Å². The number of methoxy groups -OCH3 is 2. The quantitative estimate of drug-likeness (QED) is 0.0815. The van der Waals surface area contributed by atoms with E-state index in [1.807, 2.05) is 12.1 Å². The maximum absolute atomic E-state index is 11.8. The fourth-order valence-corrected chi connectivity index (χ4v) is 6.75. The van der Waals surface area contributed by atoms with Crippen molar-refractivity contribution >= 4 is 22.0 Å². The summed E-state index contributed by atoms with van der Waals surface area (Å²) in [6.45, 7) is 12.1. The van der Waals surface area contributed by atoms with Crippen molar-refractivity contribution < 1.29 is 33.2 Å². The van der Waals surface area contributed by atoms with Crippen molar-refractivity contribution in [3.8, 4) is 28.0 Å². The molecular formula is C40H53BrNO7+. The fourth-order valence-electron chi connectivity index (χ4n) is 6.39. The van der Waals surface area contributed by atoms with Gasteiger partial charge in [0.15, 0.2) is 0 Å². The summed E-state index contributed by atoms with van der Waals surface area (Å²) in [5.41, 5.74) is 6.73. The van der Waals surface area contributed by atoms with Gasteiger partial charge in [0.1, 0.15) is 12.7 Å². The van der Waals surface area contributed by atoms with E-state index in [-0.39, 0.29) is 5.41 Å². The van der Waals surface area contributed by atoms with Gasteiger partial charge in [-0.15, -0.1) is 0 Å². The number of rotatable bonds is 22. The second-order valence-electron chi connectivity index (χ2n) is 13.1. The van der Waals surface area contributed by atoms with Crippen molar-refractivity contribution in [2.45, 2.75) is 63.4 Å². The summed E-state index contributed by atoms with van der Waals surface area (Å²) >= 11 is 3.77. The molecule has 4 rings (SSSR count). The average Bonchev–Trinajstić information content (AvgIpc) is 3.33. The molecule has 0 saturated heterocycles. The average molecular weight is 740 g/mol. The first-order chi connectivity index (χ1) is 23.7. The number of hydrogen-bond donors (Lipinski definition) is 1. The van der Waals surface area contributed by atoms with Gasteiger partial charge in [0, 0.05) is 57.7 Å². The second-order valence-corrected chi connectivity index (χ2v) is 14.0. The predicted molar refractivity (Wildman–Crippen MR) is 198 cm³/mol. The molecule has 1 amide bonds. The third-order valence-corrected chi connectivity index (χ3v) is 9.13. The summed E-state index contributed by atoms with van der Waals surface area (Å²) in [7, 11) is 3.40. The number of unbranched alkanes of at least 4 members (excludes halogenated alkanes) is 1. The first-order valence-corrected chi connectivity index (χ1v) is 18.1. The molecule has 1 N–H and O–H groups in total. The van der Waals surface area contributed by atoms with Gasteiger partial charge in [0.05, 0.1) is 33.0 Å². The Morgan fingerprint density at radius 2 is 1.33 bits per heavy atom. The van der Waals surface area contributed by atoms with E-state index in [0.29, 0.717) is 52.8 Å². The van der Waals surface area contributed by atoms with Crippen molar-refractivity contribution in [1.29, 1.82) is 0 Å². The topological polar surface area (TPSA) is 84.5 Å². The normalized spacial score (nSPS) is 13.2. The molecule has 0 radical (unpaired) electrons. The highest BCUT2D eigenvalue weighted by Gasteiger charge is 2.42. The van der Waals surface area contributed by atoms with Crippen LogP contribution >= 0.6 is 15.9 Å². The summed E-state index contributed by atoms with van der Waals surface area (Å²) in [5.74, 6) is 0.824. The standard InChI is InChI=1S/C40H52BrNO7/c1-39(2,3)49-38(43)42-20-6-7-23-48-33-14-10-30(11-15-33)31-12-16-34-35-17-13-32(41)29-37(35)40(36(34)28-31,18-8-21-46-26-24-44-4)19-9-22-47-27-25-45-5/h10-17,28-29H,1,6-9,18-27H2,2-5H3/p+1. The van der Waals surface area contributed by atoms with Crippen LogP contribution < -0.4 is 10.1 Å². The molecule has 0 atom stereocenters. The van der Waals surface area contributed by atoms with E-state index < -0.39 is 11.7 Å². The van der Waals surface area contributed by atoms with E-state index >= 15 is 0 Å². The Morgan fingerprint density at radius 1 is 0.735 bits per heavy atom. The molecule has 0 fully saturated rings. The first-order valence-electron chi connectivity index (χ1n) is 17.3. The van der Waals surface area contributed by atoms with Gasteiger partial charge in [0.2, 0.25) is 5.60 Å². The molecule has 3 aromatic rings. The molecule has 0 aromatic heterocycles. The molecular weight excluding hydrogens is 686 g/mol. The zero-order valence-corrected chi connectivity index (χ0v) is 31.2. The van der Waals surface area contributed by atoms with Gasteiger partial charge in [-0.2, -0.15) is 0 Å². The molecule has 49 heavy (non-hydrogen) atoms. The highest BCUT2D eigenvalue weighted by atomic mass is 79.9. The van der Waals surface area contributed by atoms with Crippen molar-refractivity contribution in [1.82, 2.24) is 5.32 Å². The lowest BCUT2D eigenvalue weighted by molar-refractivity contribution is 0.0629. The molecule has 0 aliphatic heterocycles. The maximum atomic E-state index is 11.8. The van der Waals surface area contributed by atoms with E-state index in [1.165, 1.54) is 27.8 Å². The van der Waals surface area contributed by atoms with Crippen molar-refractivity contribution in [2.24, 2.45) is 0 Å². The molecule has 1 aliphatic rings. The lowest BCUT2D eigenvalue weighted by Crippen LogP contribution is -2.33. The van der Waals surface area contributed by atoms with Crippen LogP contribution in [0.2, 0.25) is 0 Å². The SMILES string of the molecule is [CH2+]C(C)(C)OC(=O)NCCCCOc1ccc(-c2ccc3c(c2)C(CCCOCCOC)(CCCOCCOC)c2cc(Br)ccc2-3)cc1. The molecule has 9 heteroatoms. The minimum absolute atomic E-state index is 0.169. The van der Waals surface area contributed by atoms with E-state index in [9.17, 15) is 4.79 Å². The predicted octanol–water partition coefficient (Wildman–Crippen LogP) is 8.77. The highest BCUT2D eigenvalue weighted by molar-refractivity contribution is 9.10. The summed E-state index contributed by atoms with van der Waals surface area (Å²) in [6.07, 6.45) is 4.96. The molecule has 0 spiro atoms. The molecule has 1 aliphatic carbocycles. The van der Waals surface area contributed by atoms with Crippen LogP contribution in [0.3, 0.4) is 0 Å². The van der Waals surface area contributed by atoms with Gasteiger partial charge in [-0.05, 0) is 102 Å². The molecule has 0 bridgehead atoms. The molecule has 0 saturated carbocycles. The summed E-state index contributed by atoms with van der Waals surface area (Å²) in [5, 5.41) is 2.76. The largest absolute Gasteiger partial charge is 0.494 e. The van der Waals surface area contributed by atoms with Gasteiger partial charge >= 0.3 is 6.09 Å². The highest BCUT2D eigenvalue weighted by Crippen LogP contribution is 2.55. The molecule has 3 aromatic carbocycles. The summed E-state index contributed by atoms with van der Waals surface area (Å²) in [4.78, 5) is 11.8. The monoisotopic (exact) mass is 738 g/mol. The molecule has 0 heterocycles. The number of hydrogen-bond acceptors (Lipinski definition) is 7. The molecule has 8 nitrogen and oxygen atoms in total. The Labute approximate surface area is 301 Å². The van der Waals surface area contributed by atoms with Gasteiger partial charge in [-0.25, -0.2) is 4.79 Å². The van der Waals surface area contributed by atoms with Crippen LogP contribution in [-0.4, -0.2) is 78.7 Å². The van der Waals surface area contributed by atoms with Gasteiger partial charge < -0.3 is 33.7 Å². The number of carbonyl (C=O) groups is 1. The van der Waals surface area contributed by atoms with Crippen LogP contribution in [0, 0.1) is 6.92 Å². The van der Waals surface area contributed by atoms with E-state index in [0.717, 1.165) is 54.3 Å². The zero-order chi connectivity index (χ0) is 35.1. The smallest absolute Gasteiger partial charge is 0.410 e. The Bertz CT molecular complexity index is 1440. The van der Waals surface area contributed by atoms with Gasteiger partial charge in [0.25, 0.3) is 0 Å². The number of benzene rings is 3. The van der Waals surface area contributed by atoms with Crippen LogP contribution in [0.4, 0.5) is 4.79 Å². The number of halogens is 1. The fraction of sp³-hybridized carbons (Fsp3) is 0.500. The maximum Gasteiger partial charge on any atom is 0.410 e. The number of carbonyl (C=O) groups excluding carboxylic acids is 1. The number of fused-ring (bicyclic) bond motifs is 3. The second kappa shape index (κ2) is 19.3. The lowest BCUT2D eigenvalue weighted by atomic mass is 9.71. The number of ether oxygens (including phenoxy) is 6. The van der Waals surface area contributed by atoms with Crippen molar-refractivity contribution in [3.05, 3.63) is 83.2 Å². The van der Waals surface area contributed by atoms with Crippen LogP contribution in [0.5, 0.6) is 5.75 Å². The number of nitrogens with one attached hydrogen (secondary N) is 1. The Morgan fingerprint density at radius 3 is 1.94 bits per heavy atom. The first kappa shape index (κ1) is 38.7. The Balaban J connectivity index is 1.47. The van der Waals surface area contributed by atoms with Crippen molar-refractivity contribution in [2.75, 3.05) is 67.0 Å². The van der Waals surface area contributed by atoms with Crippen molar-refractivity contribution in [3.63, 3.8) is 0 Å². The molecule has 266 valence electrons. The van der Waals surface area contributed by atoms with Crippen LogP contribution in [-0.2, 0) is 29.1 Å². The zero-order valence-electron chi connectivity index (χ0n) is 29.6. The van der Waals surface area contributed by atoms with E-state index in [1.54, 1.807) is 28.1 Å². The van der Waals surface area contributed by atoms with Gasteiger partial charge in [-0.3, -0.25) is 0 Å². The third-order valence-electron chi connectivity index (χ3n) is 8.64. The van der Waals surface area contributed by atoms with E-state index in [4.69, 9.17) is 28.4 Å². The molecule has 0 unspecified atom stereocenters. The van der Waals surface area contributed by atoms with Crippen LogP contribution in [0.1, 0.15) is 63.5 Å². The minimum Gasteiger partial charge on any atom is -0.494 e. The van der Waals surface area contributed by atoms with E-state index in [2.05, 4.69) is 76.7 Å². The number of amides is 1.